The zero-order valence-electron chi connectivity index (χ0n) is 21.0. The number of aromatic amines is 1. The Labute approximate surface area is 203 Å². The van der Waals surface area contributed by atoms with Gasteiger partial charge >= 0.3 is 5.69 Å². The van der Waals surface area contributed by atoms with Gasteiger partial charge in [-0.2, -0.15) is 0 Å². The summed E-state index contributed by atoms with van der Waals surface area (Å²) in [5.41, 5.74) is 4.65. The quantitative estimate of drug-likeness (QED) is 0.521. The minimum absolute atomic E-state index is 0.0371. The fourth-order valence-electron chi connectivity index (χ4n) is 3.51. The highest BCUT2D eigenvalue weighted by Crippen LogP contribution is 2.20. The summed E-state index contributed by atoms with van der Waals surface area (Å²) in [5, 5.41) is 0. The van der Waals surface area contributed by atoms with Crippen LogP contribution in [0.1, 0.15) is 34.6 Å². The maximum absolute atomic E-state index is 13.3. The minimum atomic E-state index is -0.946. The topological polar surface area (TPSA) is 131 Å². The Bertz CT molecular complexity index is 1160. The molecule has 2 rings (SSSR count). The number of H-pyrrole nitrogens is 1. The van der Waals surface area contributed by atoms with E-state index in [1.54, 1.807) is 0 Å². The predicted octanol–water partition coefficient (Wildman–Crippen LogP) is 1.83. The van der Waals surface area contributed by atoms with Gasteiger partial charge < -0.3 is 20.3 Å². The van der Waals surface area contributed by atoms with Crippen molar-refractivity contribution in [1.82, 2.24) is 14.5 Å². The third-order valence-corrected chi connectivity index (χ3v) is 5.10. The number of anilines is 2. The summed E-state index contributed by atoms with van der Waals surface area (Å²) < 4.78 is 19.9. The lowest BCUT2D eigenvalue weighted by Crippen LogP contribution is -2.48. The number of nitrogens with zero attached hydrogens (tertiary/aromatic N) is 3. The maximum Gasteiger partial charge on any atom is 0.330 e. The molecule has 0 aliphatic rings. The number of carbonyl (C=O) groups is 2. The molecule has 3 N–H and O–H groups in total. The van der Waals surface area contributed by atoms with Gasteiger partial charge in [-0.25, -0.2) is 9.18 Å². The number of nitrogens with one attached hydrogen (secondary N) is 1. The van der Waals surface area contributed by atoms with E-state index < -0.39 is 35.0 Å². The number of hydrogen-bond acceptors (Lipinski definition) is 6. The summed E-state index contributed by atoms with van der Waals surface area (Å²) in [6.07, 6.45) is -0.946. The van der Waals surface area contributed by atoms with Gasteiger partial charge in [-0.1, -0.05) is 27.7 Å². The molecule has 1 aromatic heterocycles. The van der Waals surface area contributed by atoms with Crippen LogP contribution in [0.3, 0.4) is 0 Å². The van der Waals surface area contributed by atoms with Crippen LogP contribution in [0.15, 0.2) is 33.9 Å². The second-order valence-electron chi connectivity index (χ2n) is 9.30. The average molecular weight is 492 g/mol. The van der Waals surface area contributed by atoms with Crippen molar-refractivity contribution in [2.24, 2.45) is 11.8 Å². The molecule has 10 nitrogen and oxygen atoms in total. The Balaban J connectivity index is 2.29. The van der Waals surface area contributed by atoms with E-state index in [0.29, 0.717) is 5.75 Å². The summed E-state index contributed by atoms with van der Waals surface area (Å²) in [7, 11) is 1.44. The molecule has 0 aliphatic heterocycles. The average Bonchev–Trinajstić information content (AvgIpc) is 2.76. The lowest BCUT2D eigenvalue weighted by molar-refractivity contribution is -0.139. The lowest BCUT2D eigenvalue weighted by Gasteiger charge is -2.29. The number of likely N-dealkylation sites (N-methyl/N-ethyl adjacent to an activating group) is 1. The van der Waals surface area contributed by atoms with Gasteiger partial charge in [-0.15, -0.1) is 0 Å². The van der Waals surface area contributed by atoms with Crippen molar-refractivity contribution in [3.05, 3.63) is 50.9 Å². The molecule has 11 heteroatoms. The smallest absolute Gasteiger partial charge is 0.330 e. The van der Waals surface area contributed by atoms with Gasteiger partial charge in [-0.05, 0) is 43.0 Å². The first-order chi connectivity index (χ1) is 16.3. The zero-order chi connectivity index (χ0) is 26.4. The van der Waals surface area contributed by atoms with E-state index in [1.165, 1.54) is 52.6 Å². The van der Waals surface area contributed by atoms with Crippen LogP contribution in [0, 0.1) is 17.7 Å². The monoisotopic (exact) mass is 491 g/mol. The number of ether oxygens (including phenoxy) is 1. The van der Waals surface area contributed by atoms with Crippen LogP contribution in [-0.2, 0) is 16.1 Å². The van der Waals surface area contributed by atoms with Crippen molar-refractivity contribution in [3.8, 4) is 5.75 Å². The van der Waals surface area contributed by atoms with Crippen LogP contribution < -0.4 is 26.6 Å². The summed E-state index contributed by atoms with van der Waals surface area (Å²) in [6.45, 7) is 9.08. The van der Waals surface area contributed by atoms with Gasteiger partial charge in [0.15, 0.2) is 11.8 Å². The zero-order valence-corrected chi connectivity index (χ0v) is 21.0. The minimum Gasteiger partial charge on any atom is -0.481 e. The number of hydrogen-bond donors (Lipinski definition) is 2. The highest BCUT2D eigenvalue weighted by atomic mass is 19.1. The largest absolute Gasteiger partial charge is 0.481 e. The third-order valence-electron chi connectivity index (χ3n) is 5.10. The normalized spacial score (nSPS) is 12.0. The molecule has 0 fully saturated rings. The van der Waals surface area contributed by atoms with Crippen molar-refractivity contribution in [2.75, 3.05) is 30.8 Å². The highest BCUT2D eigenvalue weighted by molar-refractivity contribution is 5.98. The molecular formula is C24H34FN5O5. The molecule has 0 radical (unpaired) electrons. The van der Waals surface area contributed by atoms with Crippen LogP contribution in [0.5, 0.6) is 5.75 Å². The Morgan fingerprint density at radius 2 is 1.69 bits per heavy atom. The van der Waals surface area contributed by atoms with E-state index in [4.69, 9.17) is 10.5 Å². The van der Waals surface area contributed by atoms with Crippen LogP contribution in [-0.4, -0.2) is 52.5 Å². The highest BCUT2D eigenvalue weighted by Gasteiger charge is 2.28. The number of halogens is 1. The standard InChI is InChI=1S/C24H34FN5O5/c1-14(2)11-29(20-21(26)30(12-15(3)4)24(34)27-22(20)32)19(31)13-28(6)23(33)16(5)35-18-9-7-17(25)8-10-18/h7-10,14-16H,11-13,26H2,1-6H3,(H,27,32,34)/t16-/m1/s1. The van der Waals surface area contributed by atoms with Crippen molar-refractivity contribution < 1.29 is 18.7 Å². The Morgan fingerprint density at radius 3 is 2.23 bits per heavy atom. The van der Waals surface area contributed by atoms with Crippen LogP contribution >= 0.6 is 0 Å². The molecule has 0 saturated carbocycles. The molecule has 0 unspecified atom stereocenters. The fraction of sp³-hybridized carbons (Fsp3) is 0.500. The molecule has 0 bridgehead atoms. The van der Waals surface area contributed by atoms with Crippen molar-refractivity contribution >= 4 is 23.3 Å². The van der Waals surface area contributed by atoms with Gasteiger partial charge in [0.25, 0.3) is 11.5 Å². The van der Waals surface area contributed by atoms with Gasteiger partial charge in [-0.3, -0.25) is 23.9 Å². The van der Waals surface area contributed by atoms with E-state index in [-0.39, 0.29) is 43.0 Å². The first-order valence-electron chi connectivity index (χ1n) is 11.4. The number of carbonyl (C=O) groups excluding carboxylic acids is 2. The summed E-state index contributed by atoms with van der Waals surface area (Å²) >= 11 is 0. The lowest BCUT2D eigenvalue weighted by atomic mass is 10.2. The summed E-state index contributed by atoms with van der Waals surface area (Å²) in [4.78, 5) is 55.7. The van der Waals surface area contributed by atoms with Crippen LogP contribution in [0.4, 0.5) is 15.9 Å². The molecule has 2 aromatic rings. The second kappa shape index (κ2) is 11.7. The molecule has 35 heavy (non-hydrogen) atoms. The molecule has 0 saturated heterocycles. The Morgan fingerprint density at radius 1 is 1.09 bits per heavy atom. The SMILES string of the molecule is CC(C)CN(C(=O)CN(C)C(=O)[C@@H](C)Oc1ccc(F)cc1)c1c(N)n(CC(C)C)c(=O)[nH]c1=O. The van der Waals surface area contributed by atoms with Gasteiger partial charge in [0.2, 0.25) is 5.91 Å². The molecular weight excluding hydrogens is 457 g/mol. The van der Waals surface area contributed by atoms with Crippen molar-refractivity contribution in [2.45, 2.75) is 47.3 Å². The van der Waals surface area contributed by atoms with E-state index in [9.17, 15) is 23.6 Å². The first-order valence-corrected chi connectivity index (χ1v) is 11.4. The molecule has 0 spiro atoms. The second-order valence-corrected chi connectivity index (χ2v) is 9.30. The van der Waals surface area contributed by atoms with E-state index >= 15 is 0 Å². The van der Waals surface area contributed by atoms with E-state index in [0.717, 1.165) is 0 Å². The molecule has 0 aliphatic carbocycles. The van der Waals surface area contributed by atoms with Gasteiger partial charge in [0.1, 0.15) is 17.4 Å². The number of nitrogen functional groups attached to an aromatic ring is 1. The summed E-state index contributed by atoms with van der Waals surface area (Å²) in [5.74, 6) is -1.24. The Kier molecular flexibility index (Phi) is 9.21. The number of rotatable bonds is 10. The fourth-order valence-corrected chi connectivity index (χ4v) is 3.51. The molecule has 1 atom stereocenters. The van der Waals surface area contributed by atoms with Gasteiger partial charge in [0.05, 0.1) is 6.54 Å². The Hall–Kier alpha value is -3.63. The number of nitrogens with two attached hydrogens (primary N) is 1. The number of amides is 2. The van der Waals surface area contributed by atoms with Gasteiger partial charge in [0, 0.05) is 20.1 Å². The molecule has 192 valence electrons. The summed E-state index contributed by atoms with van der Waals surface area (Å²) in [6, 6.07) is 5.22. The van der Waals surface area contributed by atoms with Crippen molar-refractivity contribution in [3.63, 3.8) is 0 Å². The van der Waals surface area contributed by atoms with E-state index in [2.05, 4.69) is 4.98 Å². The number of benzene rings is 1. The van der Waals surface area contributed by atoms with Crippen LogP contribution in [0.25, 0.3) is 0 Å². The third kappa shape index (κ3) is 7.17. The number of aromatic nitrogens is 2. The molecule has 2 amide bonds. The first kappa shape index (κ1) is 27.6. The molecule has 1 heterocycles. The van der Waals surface area contributed by atoms with Crippen LogP contribution in [0.2, 0.25) is 0 Å². The predicted molar refractivity (Wildman–Crippen MR) is 132 cm³/mol. The maximum atomic E-state index is 13.3. The molecule has 1 aromatic carbocycles. The van der Waals surface area contributed by atoms with E-state index in [1.807, 2.05) is 27.7 Å². The van der Waals surface area contributed by atoms with Crippen molar-refractivity contribution in [1.29, 1.82) is 0 Å².